The lowest BCUT2D eigenvalue weighted by atomic mass is 9.80. The van der Waals surface area contributed by atoms with Crippen molar-refractivity contribution in [1.82, 2.24) is 4.90 Å². The Balaban J connectivity index is 2.10. The maximum Gasteiger partial charge on any atom is 0.253 e. The number of hydrogen-bond acceptors (Lipinski definition) is 2. The molecule has 3 nitrogen and oxygen atoms in total. The molecule has 108 valence electrons. The second-order valence-corrected chi connectivity index (χ2v) is 7.65. The fraction of sp³-hybridized carbons (Fsp3) is 0.429. The number of carbonyl (C=O) groups excluding carboxylic acids is 1. The summed E-state index contributed by atoms with van der Waals surface area (Å²) < 4.78 is 1.78. The first-order chi connectivity index (χ1) is 9.32. The van der Waals surface area contributed by atoms with Crippen molar-refractivity contribution < 1.29 is 4.79 Å². The fourth-order valence-electron chi connectivity index (χ4n) is 2.31. The molecule has 1 amide bonds. The van der Waals surface area contributed by atoms with E-state index in [1.165, 1.54) is 0 Å². The molecule has 0 aromatic heterocycles. The third-order valence-corrected chi connectivity index (χ3v) is 5.27. The van der Waals surface area contributed by atoms with Crippen LogP contribution < -0.4 is 5.73 Å². The summed E-state index contributed by atoms with van der Waals surface area (Å²) in [5, 5.41) is 0. The molecule has 0 bridgehead atoms. The minimum atomic E-state index is -0.121. The molecule has 0 radical (unpaired) electrons. The number of carbonyl (C=O) groups is 1. The molecule has 1 aromatic carbocycles. The van der Waals surface area contributed by atoms with Crippen LogP contribution in [0.2, 0.25) is 0 Å². The zero-order valence-corrected chi connectivity index (χ0v) is 15.1. The van der Waals surface area contributed by atoms with Crippen LogP contribution in [-0.4, -0.2) is 28.9 Å². The molecule has 1 aliphatic rings. The Bertz CT molecular complexity index is 534. The van der Waals surface area contributed by atoms with Crippen LogP contribution in [-0.2, 0) is 0 Å². The Morgan fingerprint density at radius 3 is 2.20 bits per heavy atom. The van der Waals surface area contributed by atoms with Crippen molar-refractivity contribution in [2.24, 2.45) is 11.1 Å². The molecule has 1 saturated heterocycles. The smallest absolute Gasteiger partial charge is 0.253 e. The number of rotatable bonds is 2. The number of likely N-dealkylation sites (tertiary alicyclic amines) is 1. The van der Waals surface area contributed by atoms with Crippen LogP contribution in [0.4, 0.5) is 0 Å². The maximum atomic E-state index is 12.5. The monoisotopic (exact) mass is 418 g/mol. The molecule has 1 fully saturated rings. The highest BCUT2D eigenvalue weighted by molar-refractivity contribution is 9.11. The third kappa shape index (κ3) is 3.40. The summed E-state index contributed by atoms with van der Waals surface area (Å²) in [5.74, 6) is 0.0528. The fourth-order valence-corrected chi connectivity index (χ4v) is 3.81. The summed E-state index contributed by atoms with van der Waals surface area (Å²) in [6, 6.07) is 5.60. The number of piperidine rings is 1. The molecule has 6 heteroatoms. The van der Waals surface area contributed by atoms with Gasteiger partial charge >= 0.3 is 0 Å². The highest BCUT2D eigenvalue weighted by Gasteiger charge is 2.34. The lowest BCUT2D eigenvalue weighted by Crippen LogP contribution is -2.46. The second-order valence-electron chi connectivity index (χ2n) is 5.38. The molecule has 0 atom stereocenters. The van der Waals surface area contributed by atoms with Gasteiger partial charge in [-0.1, -0.05) is 51.0 Å². The van der Waals surface area contributed by atoms with Gasteiger partial charge in [0, 0.05) is 33.0 Å². The van der Waals surface area contributed by atoms with Gasteiger partial charge in [0.2, 0.25) is 0 Å². The Kier molecular flexibility index (Phi) is 4.87. The number of amides is 1. The molecule has 0 saturated carbocycles. The Hall–Kier alpha value is -0.460. The number of benzene rings is 1. The molecule has 2 rings (SSSR count). The maximum absolute atomic E-state index is 12.5. The van der Waals surface area contributed by atoms with Crippen molar-refractivity contribution in [3.8, 4) is 0 Å². The molecule has 0 aliphatic carbocycles. The predicted molar refractivity (Wildman–Crippen MR) is 91.9 cm³/mol. The predicted octanol–water partition coefficient (Wildman–Crippen LogP) is 3.74. The van der Waals surface area contributed by atoms with Crippen LogP contribution >= 0.6 is 44.1 Å². The normalized spacial score (nSPS) is 17.9. The average molecular weight is 420 g/mol. The minimum absolute atomic E-state index is 0.0528. The van der Waals surface area contributed by atoms with Crippen LogP contribution in [0.1, 0.15) is 30.1 Å². The van der Waals surface area contributed by atoms with Gasteiger partial charge in [0.25, 0.3) is 5.91 Å². The summed E-state index contributed by atoms with van der Waals surface area (Å²) in [5.41, 5.74) is 6.35. The van der Waals surface area contributed by atoms with E-state index >= 15 is 0 Å². The number of thiocarbonyl (C=S) groups is 1. The molecule has 0 unspecified atom stereocenters. The van der Waals surface area contributed by atoms with Crippen molar-refractivity contribution in [2.45, 2.75) is 19.8 Å². The lowest BCUT2D eigenvalue weighted by Gasteiger charge is -2.38. The summed E-state index contributed by atoms with van der Waals surface area (Å²) in [6.07, 6.45) is 1.65. The highest BCUT2D eigenvalue weighted by Crippen LogP contribution is 2.32. The molecule has 1 heterocycles. The van der Waals surface area contributed by atoms with Crippen LogP contribution in [0.3, 0.4) is 0 Å². The van der Waals surface area contributed by atoms with Crippen molar-refractivity contribution >= 4 is 55.0 Å². The van der Waals surface area contributed by atoms with Gasteiger partial charge in [-0.3, -0.25) is 4.79 Å². The van der Waals surface area contributed by atoms with Gasteiger partial charge in [-0.05, 0) is 31.0 Å². The largest absolute Gasteiger partial charge is 0.393 e. The number of hydrogen-bond donors (Lipinski definition) is 1. The average Bonchev–Trinajstić information content (AvgIpc) is 2.37. The summed E-state index contributed by atoms with van der Waals surface area (Å²) in [4.78, 5) is 14.9. The molecule has 1 aromatic rings. The van der Waals surface area contributed by atoms with Crippen molar-refractivity contribution in [2.75, 3.05) is 13.1 Å². The minimum Gasteiger partial charge on any atom is -0.393 e. The van der Waals surface area contributed by atoms with E-state index in [1.807, 2.05) is 23.1 Å². The zero-order chi connectivity index (χ0) is 14.9. The SMILES string of the molecule is CC1(C(N)=S)CCN(C(=O)c2cc(Br)cc(Br)c2)CC1. The van der Waals surface area contributed by atoms with E-state index in [2.05, 4.69) is 38.8 Å². The van der Waals surface area contributed by atoms with E-state index in [0.29, 0.717) is 23.6 Å². The van der Waals surface area contributed by atoms with Gasteiger partial charge in [0.15, 0.2) is 0 Å². The van der Waals surface area contributed by atoms with E-state index in [1.54, 1.807) is 0 Å². The molecular weight excluding hydrogens is 404 g/mol. The molecular formula is C14H16Br2N2OS. The standard InChI is InChI=1S/C14H16Br2N2OS/c1-14(13(17)20)2-4-18(5-3-14)12(19)9-6-10(15)8-11(16)7-9/h6-8H,2-5H2,1H3,(H2,17,20). The first kappa shape index (κ1) is 15.9. The van der Waals surface area contributed by atoms with E-state index in [4.69, 9.17) is 18.0 Å². The first-order valence-electron chi connectivity index (χ1n) is 6.37. The van der Waals surface area contributed by atoms with Gasteiger partial charge < -0.3 is 10.6 Å². The summed E-state index contributed by atoms with van der Waals surface area (Å²) >= 11 is 11.9. The number of nitrogens with two attached hydrogens (primary N) is 1. The molecule has 1 aliphatic heterocycles. The second kappa shape index (κ2) is 6.12. The van der Waals surface area contributed by atoms with Gasteiger partial charge in [-0.15, -0.1) is 0 Å². The Labute approximate surface area is 141 Å². The molecule has 20 heavy (non-hydrogen) atoms. The number of nitrogens with zero attached hydrogens (tertiary/aromatic N) is 1. The van der Waals surface area contributed by atoms with Crippen molar-refractivity contribution in [1.29, 1.82) is 0 Å². The van der Waals surface area contributed by atoms with Gasteiger partial charge in [0.05, 0.1) is 4.99 Å². The molecule has 0 spiro atoms. The summed E-state index contributed by atoms with van der Waals surface area (Å²) in [7, 11) is 0. The van der Waals surface area contributed by atoms with Crippen LogP contribution in [0.5, 0.6) is 0 Å². The van der Waals surface area contributed by atoms with Crippen LogP contribution in [0.15, 0.2) is 27.1 Å². The van der Waals surface area contributed by atoms with E-state index in [9.17, 15) is 4.79 Å². The number of halogens is 2. The Morgan fingerprint density at radius 2 is 1.75 bits per heavy atom. The Morgan fingerprint density at radius 1 is 1.25 bits per heavy atom. The summed E-state index contributed by atoms with van der Waals surface area (Å²) in [6.45, 7) is 3.46. The third-order valence-electron chi connectivity index (χ3n) is 3.86. The highest BCUT2D eigenvalue weighted by atomic mass is 79.9. The topological polar surface area (TPSA) is 46.3 Å². The van der Waals surface area contributed by atoms with E-state index in [0.717, 1.165) is 21.8 Å². The lowest BCUT2D eigenvalue weighted by molar-refractivity contribution is 0.0670. The van der Waals surface area contributed by atoms with E-state index in [-0.39, 0.29) is 11.3 Å². The van der Waals surface area contributed by atoms with Crippen LogP contribution in [0.25, 0.3) is 0 Å². The first-order valence-corrected chi connectivity index (χ1v) is 8.36. The van der Waals surface area contributed by atoms with Gasteiger partial charge in [0.1, 0.15) is 0 Å². The van der Waals surface area contributed by atoms with Crippen LogP contribution in [0, 0.1) is 5.41 Å². The van der Waals surface area contributed by atoms with Crippen molar-refractivity contribution in [3.05, 3.63) is 32.7 Å². The van der Waals surface area contributed by atoms with Gasteiger partial charge in [-0.2, -0.15) is 0 Å². The van der Waals surface area contributed by atoms with Crippen molar-refractivity contribution in [3.63, 3.8) is 0 Å². The quantitative estimate of drug-likeness (QED) is 0.742. The van der Waals surface area contributed by atoms with E-state index < -0.39 is 0 Å². The molecule has 2 N–H and O–H groups in total. The zero-order valence-electron chi connectivity index (χ0n) is 11.2. The van der Waals surface area contributed by atoms with Gasteiger partial charge in [-0.25, -0.2) is 0 Å².